The molecule has 0 radical (unpaired) electrons. The van der Waals surface area contributed by atoms with E-state index in [9.17, 15) is 9.59 Å². The lowest BCUT2D eigenvalue weighted by molar-refractivity contribution is -0.117. The molecule has 0 spiro atoms. The summed E-state index contributed by atoms with van der Waals surface area (Å²) in [6, 6.07) is 7.27. The Balaban J connectivity index is 2.09. The highest BCUT2D eigenvalue weighted by molar-refractivity contribution is 6.04. The second kappa shape index (κ2) is 6.07. The van der Waals surface area contributed by atoms with E-state index in [1.165, 1.54) is 0 Å². The minimum atomic E-state index is -0.140. The zero-order valence-corrected chi connectivity index (χ0v) is 12.3. The number of hydrogen-bond acceptors (Lipinski definition) is 2. The Morgan fingerprint density at radius 2 is 2.00 bits per heavy atom. The van der Waals surface area contributed by atoms with Gasteiger partial charge < -0.3 is 10.6 Å². The lowest BCUT2D eigenvalue weighted by atomic mass is 10.1. The third-order valence-electron chi connectivity index (χ3n) is 3.87. The molecule has 2 amide bonds. The number of amides is 2. The van der Waals surface area contributed by atoms with Gasteiger partial charge in [0.25, 0.3) is 5.91 Å². The maximum Gasteiger partial charge on any atom is 0.253 e. The van der Waals surface area contributed by atoms with Crippen LogP contribution >= 0.6 is 0 Å². The molecule has 1 fully saturated rings. The fraction of sp³-hybridized carbons (Fsp3) is 0.500. The minimum absolute atomic E-state index is 0.0151. The van der Waals surface area contributed by atoms with Crippen LogP contribution in [-0.2, 0) is 4.79 Å². The first-order valence-electron chi connectivity index (χ1n) is 7.23. The van der Waals surface area contributed by atoms with E-state index in [0.717, 1.165) is 12.8 Å². The van der Waals surface area contributed by atoms with Crippen LogP contribution in [0.2, 0.25) is 0 Å². The maximum atomic E-state index is 12.2. The molecule has 3 atom stereocenters. The number of benzene rings is 1. The summed E-state index contributed by atoms with van der Waals surface area (Å²) in [5, 5.41) is 5.80. The van der Waals surface area contributed by atoms with E-state index < -0.39 is 0 Å². The molecule has 0 saturated heterocycles. The van der Waals surface area contributed by atoms with Crippen LogP contribution in [0.3, 0.4) is 0 Å². The summed E-state index contributed by atoms with van der Waals surface area (Å²) in [5.74, 6) is 0.428. The molecule has 4 nitrogen and oxygen atoms in total. The van der Waals surface area contributed by atoms with Gasteiger partial charge in [0.05, 0.1) is 11.3 Å². The summed E-state index contributed by atoms with van der Waals surface area (Å²) in [5.41, 5.74) is 1.12. The topological polar surface area (TPSA) is 58.2 Å². The molecule has 1 aromatic rings. The largest absolute Gasteiger partial charge is 0.350 e. The van der Waals surface area contributed by atoms with Crippen molar-refractivity contribution in [2.45, 2.75) is 39.7 Å². The fourth-order valence-electron chi connectivity index (χ4n) is 2.11. The quantitative estimate of drug-likeness (QED) is 0.867. The summed E-state index contributed by atoms with van der Waals surface area (Å²) < 4.78 is 0. The zero-order chi connectivity index (χ0) is 14.7. The molecule has 0 bridgehead atoms. The lowest BCUT2D eigenvalue weighted by Crippen LogP contribution is -2.32. The van der Waals surface area contributed by atoms with Crippen molar-refractivity contribution >= 4 is 17.5 Å². The number of carbonyl (C=O) groups is 2. The van der Waals surface area contributed by atoms with Gasteiger partial charge in [-0.15, -0.1) is 0 Å². The predicted molar refractivity (Wildman–Crippen MR) is 79.6 cm³/mol. The molecule has 2 N–H and O–H groups in total. The molecule has 1 aromatic carbocycles. The van der Waals surface area contributed by atoms with Gasteiger partial charge in [-0.05, 0) is 37.8 Å². The first-order chi connectivity index (χ1) is 9.52. The molecule has 0 aliphatic heterocycles. The summed E-state index contributed by atoms with van der Waals surface area (Å²) in [6.07, 6.45) is 1.81. The number of nitrogens with one attached hydrogen (secondary N) is 2. The van der Waals surface area contributed by atoms with Gasteiger partial charge in [0.2, 0.25) is 5.91 Å². The van der Waals surface area contributed by atoms with E-state index >= 15 is 0 Å². The van der Waals surface area contributed by atoms with Gasteiger partial charge in [0.1, 0.15) is 0 Å². The molecule has 4 heteroatoms. The lowest BCUT2D eigenvalue weighted by Gasteiger charge is -2.14. The number of hydrogen-bond donors (Lipinski definition) is 2. The zero-order valence-electron chi connectivity index (χ0n) is 12.3. The van der Waals surface area contributed by atoms with Crippen LogP contribution in [0.25, 0.3) is 0 Å². The Bertz CT molecular complexity index is 513. The highest BCUT2D eigenvalue weighted by Crippen LogP contribution is 2.38. The molecule has 20 heavy (non-hydrogen) atoms. The van der Waals surface area contributed by atoms with E-state index in [1.54, 1.807) is 18.2 Å². The van der Waals surface area contributed by atoms with E-state index in [0.29, 0.717) is 17.2 Å². The van der Waals surface area contributed by atoms with E-state index in [2.05, 4.69) is 17.6 Å². The number of anilines is 1. The van der Waals surface area contributed by atoms with Crippen molar-refractivity contribution in [2.24, 2.45) is 11.8 Å². The Morgan fingerprint density at radius 1 is 1.35 bits per heavy atom. The smallest absolute Gasteiger partial charge is 0.253 e. The minimum Gasteiger partial charge on any atom is -0.350 e. The molecule has 0 aromatic heterocycles. The highest BCUT2D eigenvalue weighted by atomic mass is 16.2. The molecule has 1 saturated carbocycles. The van der Waals surface area contributed by atoms with Crippen molar-refractivity contribution < 1.29 is 9.59 Å². The second-order valence-corrected chi connectivity index (χ2v) is 5.64. The number of para-hydroxylation sites is 1. The van der Waals surface area contributed by atoms with Crippen LogP contribution in [0.15, 0.2) is 24.3 Å². The summed E-state index contributed by atoms with van der Waals surface area (Å²) in [7, 11) is 0. The Labute approximate surface area is 119 Å². The van der Waals surface area contributed by atoms with E-state index in [4.69, 9.17) is 0 Å². The van der Waals surface area contributed by atoms with Crippen LogP contribution in [-0.4, -0.2) is 17.9 Å². The number of carbonyl (C=O) groups excluding carboxylic acids is 2. The Kier molecular flexibility index (Phi) is 4.42. The molecule has 1 aliphatic carbocycles. The molecule has 108 valence electrons. The molecule has 0 heterocycles. The standard InChI is InChI=1S/C16H22N2O2/c1-4-11(3)17-15(19)12-7-5-6-8-14(12)18-16(20)13-9-10(13)2/h5-8,10-11,13H,4,9H2,1-3H3,(H,17,19)(H,18,20)/t10-,11-,13-/m0/s1. The third-order valence-corrected chi connectivity index (χ3v) is 3.87. The van der Waals surface area contributed by atoms with Crippen molar-refractivity contribution in [3.8, 4) is 0 Å². The second-order valence-electron chi connectivity index (χ2n) is 5.64. The SMILES string of the molecule is CC[C@H](C)NC(=O)c1ccccc1NC(=O)[C@H]1C[C@@H]1C. The first-order valence-corrected chi connectivity index (χ1v) is 7.23. The average molecular weight is 274 g/mol. The van der Waals surface area contributed by atoms with Crippen molar-refractivity contribution in [3.05, 3.63) is 29.8 Å². The van der Waals surface area contributed by atoms with E-state index in [-0.39, 0.29) is 23.8 Å². The Hall–Kier alpha value is -1.84. The Morgan fingerprint density at radius 3 is 2.60 bits per heavy atom. The summed E-state index contributed by atoms with van der Waals surface area (Å²) >= 11 is 0. The van der Waals surface area contributed by atoms with Crippen LogP contribution < -0.4 is 10.6 Å². The van der Waals surface area contributed by atoms with Crippen LogP contribution in [0.5, 0.6) is 0 Å². The summed E-state index contributed by atoms with van der Waals surface area (Å²) in [4.78, 5) is 24.2. The van der Waals surface area contributed by atoms with E-state index in [1.807, 2.05) is 19.9 Å². The maximum absolute atomic E-state index is 12.2. The van der Waals surface area contributed by atoms with Gasteiger partial charge in [-0.25, -0.2) is 0 Å². The molecular weight excluding hydrogens is 252 g/mol. The van der Waals surface area contributed by atoms with Crippen molar-refractivity contribution in [3.63, 3.8) is 0 Å². The monoisotopic (exact) mass is 274 g/mol. The van der Waals surface area contributed by atoms with Gasteiger partial charge in [0, 0.05) is 12.0 Å². The highest BCUT2D eigenvalue weighted by Gasteiger charge is 2.39. The first kappa shape index (κ1) is 14.6. The van der Waals surface area contributed by atoms with Crippen molar-refractivity contribution in [1.82, 2.24) is 5.32 Å². The molecular formula is C16H22N2O2. The van der Waals surface area contributed by atoms with Crippen LogP contribution in [0.1, 0.15) is 44.0 Å². The van der Waals surface area contributed by atoms with Crippen LogP contribution in [0, 0.1) is 11.8 Å². The molecule has 1 aliphatic rings. The summed E-state index contributed by atoms with van der Waals surface area (Å²) in [6.45, 7) is 6.05. The van der Waals surface area contributed by atoms with Crippen molar-refractivity contribution in [1.29, 1.82) is 0 Å². The fourth-order valence-corrected chi connectivity index (χ4v) is 2.11. The van der Waals surface area contributed by atoms with Gasteiger partial charge in [-0.1, -0.05) is 26.0 Å². The molecule has 0 unspecified atom stereocenters. The third kappa shape index (κ3) is 3.38. The van der Waals surface area contributed by atoms with Gasteiger partial charge in [-0.3, -0.25) is 9.59 Å². The van der Waals surface area contributed by atoms with Gasteiger partial charge in [0.15, 0.2) is 0 Å². The van der Waals surface area contributed by atoms with Gasteiger partial charge in [-0.2, -0.15) is 0 Å². The van der Waals surface area contributed by atoms with Crippen molar-refractivity contribution in [2.75, 3.05) is 5.32 Å². The molecule has 2 rings (SSSR count). The number of rotatable bonds is 5. The average Bonchev–Trinajstić information content (AvgIpc) is 3.16. The van der Waals surface area contributed by atoms with Crippen LogP contribution in [0.4, 0.5) is 5.69 Å². The van der Waals surface area contributed by atoms with Gasteiger partial charge >= 0.3 is 0 Å². The predicted octanol–water partition coefficient (Wildman–Crippen LogP) is 2.81. The normalized spacial score (nSPS) is 21.9.